The molecule has 1 unspecified atom stereocenters. The van der Waals surface area contributed by atoms with Gasteiger partial charge in [-0.05, 0) is 37.4 Å². The molecule has 0 aromatic heterocycles. The second kappa shape index (κ2) is 6.15. The average molecular weight is 265 g/mol. The molecule has 1 atom stereocenters. The quantitative estimate of drug-likeness (QED) is 0.823. The Morgan fingerprint density at radius 3 is 2.26 bits per heavy atom. The fraction of sp³-hybridized carbons (Fsp3) is 0.600. The Morgan fingerprint density at radius 1 is 1.11 bits per heavy atom. The Balaban J connectivity index is 2.43. The van der Waals surface area contributed by atoms with Crippen LogP contribution < -0.4 is 19.5 Å². The van der Waals surface area contributed by atoms with E-state index in [1.54, 1.807) is 21.3 Å². The second-order valence-corrected chi connectivity index (χ2v) is 4.80. The van der Waals surface area contributed by atoms with E-state index in [1.165, 1.54) is 12.8 Å². The maximum Gasteiger partial charge on any atom is 0.203 e. The molecule has 106 valence electrons. The summed E-state index contributed by atoms with van der Waals surface area (Å²) in [4.78, 5) is 0. The SMILES string of the molecule is CCNC(c1ccc(OC)c(OC)c1OC)C1CC1. The van der Waals surface area contributed by atoms with Gasteiger partial charge in [-0.25, -0.2) is 0 Å². The first-order chi connectivity index (χ1) is 9.26. The lowest BCUT2D eigenvalue weighted by molar-refractivity contribution is 0.317. The minimum absolute atomic E-state index is 0.333. The Morgan fingerprint density at radius 2 is 1.79 bits per heavy atom. The first-order valence-electron chi connectivity index (χ1n) is 6.79. The van der Waals surface area contributed by atoms with Gasteiger partial charge in [-0.3, -0.25) is 0 Å². The highest BCUT2D eigenvalue weighted by Gasteiger charge is 2.34. The molecule has 4 heteroatoms. The molecular weight excluding hydrogens is 242 g/mol. The maximum atomic E-state index is 5.57. The third kappa shape index (κ3) is 2.78. The molecule has 1 aromatic rings. The van der Waals surface area contributed by atoms with Crippen LogP contribution in [0.2, 0.25) is 0 Å². The molecule has 0 aliphatic heterocycles. The summed E-state index contributed by atoms with van der Waals surface area (Å²) >= 11 is 0. The van der Waals surface area contributed by atoms with Crippen molar-refractivity contribution >= 4 is 0 Å². The lowest BCUT2D eigenvalue weighted by atomic mass is 10.00. The molecule has 1 N–H and O–H groups in total. The van der Waals surface area contributed by atoms with Crippen molar-refractivity contribution in [3.8, 4) is 17.2 Å². The number of methoxy groups -OCH3 is 3. The molecule has 4 nitrogen and oxygen atoms in total. The molecule has 1 aromatic carbocycles. The summed E-state index contributed by atoms with van der Waals surface area (Å²) in [6, 6.07) is 4.36. The Hall–Kier alpha value is -1.42. The van der Waals surface area contributed by atoms with Crippen molar-refractivity contribution < 1.29 is 14.2 Å². The highest BCUT2D eigenvalue weighted by Crippen LogP contribution is 2.48. The summed E-state index contributed by atoms with van der Waals surface area (Å²) in [6.45, 7) is 3.07. The minimum atomic E-state index is 0.333. The molecule has 0 amide bonds. The van der Waals surface area contributed by atoms with Crippen molar-refractivity contribution in [2.24, 2.45) is 5.92 Å². The van der Waals surface area contributed by atoms with Crippen LogP contribution >= 0.6 is 0 Å². The molecular formula is C15H23NO3. The van der Waals surface area contributed by atoms with Crippen molar-refractivity contribution in [1.82, 2.24) is 5.32 Å². The van der Waals surface area contributed by atoms with Gasteiger partial charge in [-0.1, -0.05) is 6.92 Å². The van der Waals surface area contributed by atoms with Crippen LogP contribution in [0.5, 0.6) is 17.2 Å². The van der Waals surface area contributed by atoms with Crippen LogP contribution in [-0.4, -0.2) is 27.9 Å². The Kier molecular flexibility index (Phi) is 4.53. The third-order valence-corrected chi connectivity index (χ3v) is 3.59. The fourth-order valence-electron chi connectivity index (χ4n) is 2.55. The first kappa shape index (κ1) is 14.0. The average Bonchev–Trinajstić information content (AvgIpc) is 3.27. The monoisotopic (exact) mass is 265 g/mol. The van der Waals surface area contributed by atoms with Crippen molar-refractivity contribution in [2.45, 2.75) is 25.8 Å². The fourth-order valence-corrected chi connectivity index (χ4v) is 2.55. The number of hydrogen-bond donors (Lipinski definition) is 1. The number of rotatable bonds is 7. The molecule has 0 spiro atoms. The Labute approximate surface area is 115 Å². The molecule has 0 saturated heterocycles. The summed E-state index contributed by atoms with van der Waals surface area (Å²) in [5, 5.41) is 3.55. The van der Waals surface area contributed by atoms with Gasteiger partial charge in [-0.2, -0.15) is 0 Å². The van der Waals surface area contributed by atoms with Crippen LogP contribution in [0.4, 0.5) is 0 Å². The van der Waals surface area contributed by atoms with E-state index in [9.17, 15) is 0 Å². The molecule has 19 heavy (non-hydrogen) atoms. The molecule has 2 rings (SSSR count). The van der Waals surface area contributed by atoms with E-state index in [2.05, 4.69) is 18.3 Å². The zero-order chi connectivity index (χ0) is 13.8. The van der Waals surface area contributed by atoms with Crippen LogP contribution in [0.15, 0.2) is 12.1 Å². The Bertz CT molecular complexity index is 430. The van der Waals surface area contributed by atoms with Crippen molar-refractivity contribution in [1.29, 1.82) is 0 Å². The standard InChI is InChI=1S/C15H23NO3/c1-5-16-13(10-6-7-10)11-8-9-12(17-2)15(19-4)14(11)18-3/h8-10,13,16H,5-7H2,1-4H3. The lowest BCUT2D eigenvalue weighted by Crippen LogP contribution is -2.23. The highest BCUT2D eigenvalue weighted by atomic mass is 16.5. The van der Waals surface area contributed by atoms with Crippen LogP contribution in [-0.2, 0) is 0 Å². The van der Waals surface area contributed by atoms with E-state index in [0.29, 0.717) is 23.5 Å². The van der Waals surface area contributed by atoms with Crippen LogP contribution in [0.25, 0.3) is 0 Å². The summed E-state index contributed by atoms with van der Waals surface area (Å²) in [5.41, 5.74) is 1.16. The first-order valence-corrected chi connectivity index (χ1v) is 6.79. The lowest BCUT2D eigenvalue weighted by Gasteiger charge is -2.22. The smallest absolute Gasteiger partial charge is 0.203 e. The number of hydrogen-bond acceptors (Lipinski definition) is 4. The van der Waals surface area contributed by atoms with E-state index >= 15 is 0 Å². The summed E-state index contributed by atoms with van der Waals surface area (Å²) in [5.74, 6) is 2.85. The van der Waals surface area contributed by atoms with E-state index < -0.39 is 0 Å². The zero-order valence-electron chi connectivity index (χ0n) is 12.2. The van der Waals surface area contributed by atoms with Crippen LogP contribution in [0, 0.1) is 5.92 Å². The van der Waals surface area contributed by atoms with Crippen molar-refractivity contribution in [3.05, 3.63) is 17.7 Å². The van der Waals surface area contributed by atoms with Gasteiger partial charge in [0.2, 0.25) is 5.75 Å². The van der Waals surface area contributed by atoms with Crippen molar-refractivity contribution in [3.63, 3.8) is 0 Å². The summed E-state index contributed by atoms with van der Waals surface area (Å²) in [6.07, 6.45) is 2.55. The third-order valence-electron chi connectivity index (χ3n) is 3.59. The van der Waals surface area contributed by atoms with Crippen molar-refractivity contribution in [2.75, 3.05) is 27.9 Å². The topological polar surface area (TPSA) is 39.7 Å². The molecule has 1 saturated carbocycles. The highest BCUT2D eigenvalue weighted by molar-refractivity contribution is 5.57. The van der Waals surface area contributed by atoms with Gasteiger partial charge >= 0.3 is 0 Å². The van der Waals surface area contributed by atoms with E-state index in [0.717, 1.165) is 17.9 Å². The number of nitrogens with one attached hydrogen (secondary N) is 1. The largest absolute Gasteiger partial charge is 0.493 e. The minimum Gasteiger partial charge on any atom is -0.493 e. The molecule has 1 aliphatic carbocycles. The van der Waals surface area contributed by atoms with E-state index in [4.69, 9.17) is 14.2 Å². The maximum absolute atomic E-state index is 5.57. The van der Waals surface area contributed by atoms with Gasteiger partial charge in [0.15, 0.2) is 11.5 Å². The van der Waals surface area contributed by atoms with Crippen LogP contribution in [0.3, 0.4) is 0 Å². The van der Waals surface area contributed by atoms with E-state index in [1.807, 2.05) is 6.07 Å². The van der Waals surface area contributed by atoms with Crippen LogP contribution in [0.1, 0.15) is 31.4 Å². The normalized spacial score (nSPS) is 16.0. The number of ether oxygens (including phenoxy) is 3. The van der Waals surface area contributed by atoms with Gasteiger partial charge in [0, 0.05) is 11.6 Å². The van der Waals surface area contributed by atoms with E-state index in [-0.39, 0.29) is 0 Å². The van der Waals surface area contributed by atoms with Gasteiger partial charge in [0.05, 0.1) is 21.3 Å². The van der Waals surface area contributed by atoms with Gasteiger partial charge in [0.25, 0.3) is 0 Å². The van der Waals surface area contributed by atoms with Gasteiger partial charge in [-0.15, -0.1) is 0 Å². The van der Waals surface area contributed by atoms with Gasteiger partial charge in [0.1, 0.15) is 0 Å². The molecule has 0 heterocycles. The van der Waals surface area contributed by atoms with Gasteiger partial charge < -0.3 is 19.5 Å². The molecule has 1 fully saturated rings. The molecule has 1 aliphatic rings. The number of benzene rings is 1. The summed E-state index contributed by atoms with van der Waals surface area (Å²) in [7, 11) is 4.96. The predicted molar refractivity (Wildman–Crippen MR) is 75.2 cm³/mol. The summed E-state index contributed by atoms with van der Waals surface area (Å²) < 4.78 is 16.3. The zero-order valence-corrected chi connectivity index (χ0v) is 12.2. The predicted octanol–water partition coefficient (Wildman–Crippen LogP) is 2.77. The molecule has 0 radical (unpaired) electrons. The molecule has 0 bridgehead atoms. The second-order valence-electron chi connectivity index (χ2n) is 4.80.